The summed E-state index contributed by atoms with van der Waals surface area (Å²) in [7, 11) is 0. The van der Waals surface area contributed by atoms with Crippen LogP contribution in [0.1, 0.15) is 14.7 Å². The topological polar surface area (TPSA) is 80.3 Å². The van der Waals surface area contributed by atoms with E-state index in [-0.39, 0.29) is 18.4 Å². The van der Waals surface area contributed by atoms with Crippen molar-refractivity contribution in [3.63, 3.8) is 0 Å². The summed E-state index contributed by atoms with van der Waals surface area (Å²) in [6.45, 7) is 2.49. The number of benzene rings is 1. The van der Waals surface area contributed by atoms with Crippen LogP contribution in [0.25, 0.3) is 0 Å². The molecule has 2 amide bonds. The molecule has 116 valence electrons. The molecule has 0 unspecified atom stereocenters. The van der Waals surface area contributed by atoms with Gasteiger partial charge in [0.2, 0.25) is 0 Å². The molecule has 0 aliphatic rings. The van der Waals surface area contributed by atoms with Crippen LogP contribution in [0.15, 0.2) is 36.5 Å². The molecule has 0 bridgehead atoms. The van der Waals surface area contributed by atoms with E-state index in [0.717, 1.165) is 5.01 Å². The number of carbonyl (C=O) groups excluding carboxylic acids is 2. The average molecular weight is 319 g/mol. The summed E-state index contributed by atoms with van der Waals surface area (Å²) in [5.74, 6) is 0.235. The van der Waals surface area contributed by atoms with Gasteiger partial charge in [0, 0.05) is 13.1 Å². The van der Waals surface area contributed by atoms with Crippen LogP contribution in [0.3, 0.4) is 0 Å². The molecule has 0 aliphatic carbocycles. The Bertz CT molecular complexity index is 628. The zero-order chi connectivity index (χ0) is 15.8. The third-order valence-corrected chi connectivity index (χ3v) is 3.60. The zero-order valence-corrected chi connectivity index (χ0v) is 13.0. The molecule has 1 aromatic heterocycles. The van der Waals surface area contributed by atoms with E-state index in [9.17, 15) is 9.59 Å². The maximum atomic E-state index is 11.7. The Balaban J connectivity index is 1.60. The quantitative estimate of drug-likeness (QED) is 0.756. The number of nitrogens with zero attached hydrogens (tertiary/aromatic N) is 1. The number of hydrogen-bond donors (Lipinski definition) is 2. The number of nitrogens with one attached hydrogen (secondary N) is 2. The first-order chi connectivity index (χ1) is 10.6. The summed E-state index contributed by atoms with van der Waals surface area (Å²) in [6.07, 6.45) is 1.54. The Hall–Kier alpha value is -2.41. The molecular weight excluding hydrogens is 302 g/mol. The molecular formula is C15H17N3O3S. The maximum absolute atomic E-state index is 11.7. The van der Waals surface area contributed by atoms with Gasteiger partial charge in [-0.3, -0.25) is 9.59 Å². The van der Waals surface area contributed by atoms with Gasteiger partial charge in [-0.05, 0) is 19.1 Å². The lowest BCUT2D eigenvalue weighted by Gasteiger charge is -2.07. The Morgan fingerprint density at radius 1 is 1.18 bits per heavy atom. The van der Waals surface area contributed by atoms with E-state index in [1.165, 1.54) is 11.3 Å². The van der Waals surface area contributed by atoms with Crippen molar-refractivity contribution in [1.29, 1.82) is 0 Å². The first-order valence-corrected chi connectivity index (χ1v) is 7.62. The molecule has 0 saturated heterocycles. The fourth-order valence-corrected chi connectivity index (χ4v) is 2.34. The molecule has 1 heterocycles. The fourth-order valence-electron chi connectivity index (χ4n) is 1.65. The molecule has 0 radical (unpaired) electrons. The highest BCUT2D eigenvalue weighted by Crippen LogP contribution is 2.10. The minimum atomic E-state index is -0.230. The fraction of sp³-hybridized carbons (Fsp3) is 0.267. The molecule has 0 spiro atoms. The lowest BCUT2D eigenvalue weighted by molar-refractivity contribution is -0.123. The Morgan fingerprint density at radius 2 is 1.91 bits per heavy atom. The van der Waals surface area contributed by atoms with E-state index in [4.69, 9.17) is 4.74 Å². The highest BCUT2D eigenvalue weighted by Gasteiger charge is 2.08. The average Bonchev–Trinajstić information content (AvgIpc) is 2.97. The number of ether oxygens (including phenoxy) is 1. The van der Waals surface area contributed by atoms with Crippen molar-refractivity contribution >= 4 is 23.2 Å². The van der Waals surface area contributed by atoms with Gasteiger partial charge >= 0.3 is 0 Å². The van der Waals surface area contributed by atoms with E-state index in [0.29, 0.717) is 23.7 Å². The van der Waals surface area contributed by atoms with Crippen LogP contribution in [-0.4, -0.2) is 36.5 Å². The van der Waals surface area contributed by atoms with E-state index < -0.39 is 0 Å². The SMILES string of the molecule is Cc1ncc(C(=O)NCCNC(=O)COc2ccccc2)s1. The first-order valence-electron chi connectivity index (χ1n) is 6.80. The predicted molar refractivity (Wildman–Crippen MR) is 84.1 cm³/mol. The minimum absolute atomic E-state index is 0.0496. The van der Waals surface area contributed by atoms with Gasteiger partial charge in [-0.25, -0.2) is 4.98 Å². The van der Waals surface area contributed by atoms with E-state index in [2.05, 4.69) is 15.6 Å². The van der Waals surface area contributed by atoms with Crippen LogP contribution in [0.5, 0.6) is 5.75 Å². The summed E-state index contributed by atoms with van der Waals surface area (Å²) in [5.41, 5.74) is 0. The molecule has 0 aliphatic heterocycles. The highest BCUT2D eigenvalue weighted by molar-refractivity contribution is 7.13. The van der Waals surface area contributed by atoms with Crippen molar-refractivity contribution in [3.8, 4) is 5.75 Å². The predicted octanol–water partition coefficient (Wildman–Crippen LogP) is 1.38. The van der Waals surface area contributed by atoms with Crippen LogP contribution < -0.4 is 15.4 Å². The number of hydrogen-bond acceptors (Lipinski definition) is 5. The second-order valence-corrected chi connectivity index (χ2v) is 5.69. The summed E-state index contributed by atoms with van der Waals surface area (Å²) < 4.78 is 5.31. The van der Waals surface area contributed by atoms with Gasteiger partial charge in [0.1, 0.15) is 10.6 Å². The molecule has 22 heavy (non-hydrogen) atoms. The Morgan fingerprint density at radius 3 is 2.59 bits per heavy atom. The first kappa shape index (κ1) is 16.0. The molecule has 2 rings (SSSR count). The van der Waals surface area contributed by atoms with Crippen molar-refractivity contribution in [2.75, 3.05) is 19.7 Å². The van der Waals surface area contributed by atoms with Crippen molar-refractivity contribution < 1.29 is 14.3 Å². The van der Waals surface area contributed by atoms with Crippen molar-refractivity contribution in [2.24, 2.45) is 0 Å². The number of carbonyl (C=O) groups is 2. The lowest BCUT2D eigenvalue weighted by Crippen LogP contribution is -2.36. The minimum Gasteiger partial charge on any atom is -0.484 e. The summed E-state index contributed by atoms with van der Waals surface area (Å²) in [4.78, 5) is 27.9. The molecule has 7 heteroatoms. The van der Waals surface area contributed by atoms with Crippen molar-refractivity contribution in [3.05, 3.63) is 46.4 Å². The number of para-hydroxylation sites is 1. The molecule has 1 aromatic carbocycles. The summed E-state index contributed by atoms with van der Waals surface area (Å²) >= 11 is 1.34. The monoisotopic (exact) mass is 319 g/mol. The Labute approximate surface area is 132 Å². The van der Waals surface area contributed by atoms with Gasteiger partial charge in [-0.1, -0.05) is 18.2 Å². The van der Waals surface area contributed by atoms with Gasteiger partial charge in [0.05, 0.1) is 11.2 Å². The highest BCUT2D eigenvalue weighted by atomic mass is 32.1. The maximum Gasteiger partial charge on any atom is 0.263 e. The normalized spacial score (nSPS) is 10.0. The van der Waals surface area contributed by atoms with Gasteiger partial charge in [-0.2, -0.15) is 0 Å². The van der Waals surface area contributed by atoms with Crippen LogP contribution in [0, 0.1) is 6.92 Å². The molecule has 2 aromatic rings. The van der Waals surface area contributed by atoms with Crippen molar-refractivity contribution in [2.45, 2.75) is 6.92 Å². The second kappa shape index (κ2) is 8.14. The Kier molecular flexibility index (Phi) is 5.91. The number of amides is 2. The van der Waals surface area contributed by atoms with Crippen LogP contribution in [0.4, 0.5) is 0 Å². The van der Waals surface area contributed by atoms with Gasteiger partial charge in [-0.15, -0.1) is 11.3 Å². The third-order valence-electron chi connectivity index (χ3n) is 2.69. The van der Waals surface area contributed by atoms with E-state index in [1.807, 2.05) is 25.1 Å². The number of aromatic nitrogens is 1. The molecule has 0 fully saturated rings. The van der Waals surface area contributed by atoms with E-state index in [1.54, 1.807) is 18.3 Å². The van der Waals surface area contributed by atoms with Gasteiger partial charge in [0.15, 0.2) is 6.61 Å². The molecule has 0 atom stereocenters. The molecule has 2 N–H and O–H groups in total. The van der Waals surface area contributed by atoms with Crippen LogP contribution >= 0.6 is 11.3 Å². The summed E-state index contributed by atoms with van der Waals surface area (Å²) in [5, 5.41) is 6.24. The smallest absolute Gasteiger partial charge is 0.263 e. The van der Waals surface area contributed by atoms with Gasteiger partial charge in [0.25, 0.3) is 11.8 Å². The number of aryl methyl sites for hydroxylation is 1. The zero-order valence-electron chi connectivity index (χ0n) is 12.2. The second-order valence-electron chi connectivity index (χ2n) is 4.45. The van der Waals surface area contributed by atoms with E-state index >= 15 is 0 Å². The number of thiazole rings is 1. The largest absolute Gasteiger partial charge is 0.484 e. The summed E-state index contributed by atoms with van der Waals surface area (Å²) in [6, 6.07) is 9.11. The van der Waals surface area contributed by atoms with Crippen LogP contribution in [0.2, 0.25) is 0 Å². The van der Waals surface area contributed by atoms with Gasteiger partial charge < -0.3 is 15.4 Å². The lowest BCUT2D eigenvalue weighted by atomic mass is 10.3. The van der Waals surface area contributed by atoms with Crippen molar-refractivity contribution in [1.82, 2.24) is 15.6 Å². The number of rotatable bonds is 7. The van der Waals surface area contributed by atoms with Crippen LogP contribution in [-0.2, 0) is 4.79 Å². The standard InChI is InChI=1S/C15H17N3O3S/c1-11-18-9-13(22-11)15(20)17-8-7-16-14(19)10-21-12-5-3-2-4-6-12/h2-6,9H,7-8,10H2,1H3,(H,16,19)(H,17,20). The molecule has 0 saturated carbocycles. The molecule has 6 nitrogen and oxygen atoms in total. The third kappa shape index (κ3) is 5.17.